The highest BCUT2D eigenvalue weighted by molar-refractivity contribution is 9.09. The Morgan fingerprint density at radius 2 is 2.21 bits per heavy atom. The molecule has 0 fully saturated rings. The third kappa shape index (κ3) is 3.66. The van der Waals surface area contributed by atoms with Gasteiger partial charge in [0, 0.05) is 22.9 Å². The molecule has 2 unspecified atom stereocenters. The van der Waals surface area contributed by atoms with Crippen LogP contribution in [0.1, 0.15) is 25.8 Å². The summed E-state index contributed by atoms with van der Waals surface area (Å²) in [6, 6.07) is 1.86. The van der Waals surface area contributed by atoms with E-state index in [9.17, 15) is 0 Å². The Bertz CT molecular complexity index is 286. The van der Waals surface area contributed by atoms with Crippen LogP contribution in [0.25, 0.3) is 0 Å². The SMILES string of the molecule is CC(Br)CC(C)Cc1cnccc1N. The van der Waals surface area contributed by atoms with Crippen LogP contribution in [0.15, 0.2) is 18.5 Å². The van der Waals surface area contributed by atoms with Crippen molar-refractivity contribution in [2.75, 3.05) is 5.73 Å². The highest BCUT2D eigenvalue weighted by atomic mass is 79.9. The van der Waals surface area contributed by atoms with E-state index in [1.165, 1.54) is 0 Å². The second-order valence-electron chi connectivity index (χ2n) is 3.90. The van der Waals surface area contributed by atoms with Crippen LogP contribution in [0.5, 0.6) is 0 Å². The van der Waals surface area contributed by atoms with Crippen molar-refractivity contribution in [2.45, 2.75) is 31.5 Å². The number of pyridine rings is 1. The minimum absolute atomic E-state index is 0.565. The van der Waals surface area contributed by atoms with Gasteiger partial charge in [-0.05, 0) is 30.4 Å². The molecule has 0 aliphatic rings. The second-order valence-corrected chi connectivity index (χ2v) is 5.46. The highest BCUT2D eigenvalue weighted by Crippen LogP contribution is 2.19. The molecule has 2 atom stereocenters. The zero-order valence-electron chi connectivity index (χ0n) is 8.70. The van der Waals surface area contributed by atoms with E-state index in [0.717, 1.165) is 24.1 Å². The van der Waals surface area contributed by atoms with Gasteiger partial charge in [-0.15, -0.1) is 0 Å². The number of anilines is 1. The summed E-state index contributed by atoms with van der Waals surface area (Å²) < 4.78 is 0. The number of alkyl halides is 1. The molecule has 0 aromatic carbocycles. The molecule has 0 saturated carbocycles. The van der Waals surface area contributed by atoms with Crippen LogP contribution in [0, 0.1) is 5.92 Å². The van der Waals surface area contributed by atoms with Crippen molar-refractivity contribution in [1.82, 2.24) is 4.98 Å². The standard InChI is InChI=1S/C11H17BrN2/c1-8(5-9(2)12)6-10-7-14-4-3-11(10)13/h3-4,7-9H,5-6H2,1-2H3,(H2,13,14). The minimum Gasteiger partial charge on any atom is -0.398 e. The molecule has 2 N–H and O–H groups in total. The van der Waals surface area contributed by atoms with Gasteiger partial charge in [0.05, 0.1) is 0 Å². The average molecular weight is 257 g/mol. The predicted octanol–water partition coefficient (Wildman–Crippen LogP) is 3.02. The molecule has 1 aromatic heterocycles. The molecule has 0 aliphatic heterocycles. The predicted molar refractivity (Wildman–Crippen MR) is 64.5 cm³/mol. The summed E-state index contributed by atoms with van der Waals surface area (Å²) in [7, 11) is 0. The zero-order chi connectivity index (χ0) is 10.6. The fraction of sp³-hybridized carbons (Fsp3) is 0.545. The summed E-state index contributed by atoms with van der Waals surface area (Å²) in [5, 5.41) is 0. The fourth-order valence-electron chi connectivity index (χ4n) is 1.62. The molecule has 2 nitrogen and oxygen atoms in total. The van der Waals surface area contributed by atoms with Crippen LogP contribution < -0.4 is 5.73 Å². The van der Waals surface area contributed by atoms with Crippen molar-refractivity contribution < 1.29 is 0 Å². The van der Waals surface area contributed by atoms with Gasteiger partial charge in [0.2, 0.25) is 0 Å². The smallest absolute Gasteiger partial charge is 0.0377 e. The molecule has 3 heteroatoms. The van der Waals surface area contributed by atoms with Crippen LogP contribution in [0.2, 0.25) is 0 Å². The number of aromatic nitrogens is 1. The Balaban J connectivity index is 2.56. The summed E-state index contributed by atoms with van der Waals surface area (Å²) in [6.45, 7) is 4.41. The molecule has 1 rings (SSSR count). The van der Waals surface area contributed by atoms with Crippen LogP contribution in [-0.4, -0.2) is 9.81 Å². The van der Waals surface area contributed by atoms with E-state index < -0.39 is 0 Å². The molecule has 78 valence electrons. The quantitative estimate of drug-likeness (QED) is 0.842. The van der Waals surface area contributed by atoms with E-state index in [0.29, 0.717) is 10.7 Å². The molecule has 0 aliphatic carbocycles. The van der Waals surface area contributed by atoms with Gasteiger partial charge in [-0.2, -0.15) is 0 Å². The first-order chi connectivity index (χ1) is 6.59. The van der Waals surface area contributed by atoms with Crippen molar-refractivity contribution in [3.8, 4) is 0 Å². The van der Waals surface area contributed by atoms with Crippen LogP contribution in [-0.2, 0) is 6.42 Å². The summed E-state index contributed by atoms with van der Waals surface area (Å²) in [5.74, 6) is 0.635. The molecule has 0 radical (unpaired) electrons. The normalized spacial score (nSPS) is 15.1. The summed E-state index contributed by atoms with van der Waals surface area (Å²) in [4.78, 5) is 4.65. The summed E-state index contributed by atoms with van der Waals surface area (Å²) >= 11 is 3.56. The number of halogens is 1. The Hall–Kier alpha value is -0.570. The van der Waals surface area contributed by atoms with Gasteiger partial charge < -0.3 is 5.73 Å². The van der Waals surface area contributed by atoms with E-state index in [4.69, 9.17) is 5.73 Å². The van der Waals surface area contributed by atoms with E-state index in [1.54, 1.807) is 6.20 Å². The Morgan fingerprint density at radius 3 is 2.79 bits per heavy atom. The van der Waals surface area contributed by atoms with E-state index in [-0.39, 0.29) is 0 Å². The highest BCUT2D eigenvalue weighted by Gasteiger charge is 2.08. The minimum atomic E-state index is 0.565. The third-order valence-corrected chi connectivity index (χ3v) is 2.61. The number of hydrogen-bond acceptors (Lipinski definition) is 2. The number of nitrogens with two attached hydrogens (primary N) is 1. The number of nitrogens with zero attached hydrogens (tertiary/aromatic N) is 1. The maximum atomic E-state index is 5.85. The summed E-state index contributed by atoms with van der Waals surface area (Å²) in [5.41, 5.74) is 7.86. The maximum Gasteiger partial charge on any atom is 0.0377 e. The average Bonchev–Trinajstić information content (AvgIpc) is 2.07. The monoisotopic (exact) mass is 256 g/mol. The lowest BCUT2D eigenvalue weighted by molar-refractivity contribution is 0.533. The molecule has 1 aromatic rings. The van der Waals surface area contributed by atoms with Gasteiger partial charge in [0.25, 0.3) is 0 Å². The van der Waals surface area contributed by atoms with Crippen molar-refractivity contribution in [2.24, 2.45) is 5.92 Å². The molecular weight excluding hydrogens is 240 g/mol. The van der Waals surface area contributed by atoms with Gasteiger partial charge in [0.15, 0.2) is 0 Å². The second kappa shape index (κ2) is 5.35. The van der Waals surface area contributed by atoms with Gasteiger partial charge in [-0.1, -0.05) is 29.8 Å². The van der Waals surface area contributed by atoms with E-state index >= 15 is 0 Å². The van der Waals surface area contributed by atoms with Crippen molar-refractivity contribution >= 4 is 21.6 Å². The first-order valence-corrected chi connectivity index (χ1v) is 5.83. The first kappa shape index (κ1) is 11.5. The van der Waals surface area contributed by atoms with E-state index in [1.807, 2.05) is 12.3 Å². The van der Waals surface area contributed by atoms with E-state index in [2.05, 4.69) is 34.8 Å². The van der Waals surface area contributed by atoms with Crippen LogP contribution in [0.3, 0.4) is 0 Å². The molecular formula is C11H17BrN2. The topological polar surface area (TPSA) is 38.9 Å². The molecule has 14 heavy (non-hydrogen) atoms. The maximum absolute atomic E-state index is 5.85. The van der Waals surface area contributed by atoms with Crippen molar-refractivity contribution in [3.63, 3.8) is 0 Å². The van der Waals surface area contributed by atoms with Crippen molar-refractivity contribution in [1.29, 1.82) is 0 Å². The molecule has 0 amide bonds. The molecule has 0 saturated heterocycles. The number of rotatable bonds is 4. The van der Waals surface area contributed by atoms with Gasteiger partial charge in [0.1, 0.15) is 0 Å². The largest absolute Gasteiger partial charge is 0.398 e. The van der Waals surface area contributed by atoms with Crippen LogP contribution in [0.4, 0.5) is 5.69 Å². The number of nitrogen functional groups attached to an aromatic ring is 1. The van der Waals surface area contributed by atoms with Crippen LogP contribution >= 0.6 is 15.9 Å². The lowest BCUT2D eigenvalue weighted by atomic mass is 9.97. The first-order valence-electron chi connectivity index (χ1n) is 4.92. The Morgan fingerprint density at radius 1 is 1.50 bits per heavy atom. The molecule has 1 heterocycles. The third-order valence-electron chi connectivity index (χ3n) is 2.24. The van der Waals surface area contributed by atoms with Gasteiger partial charge in [-0.3, -0.25) is 4.98 Å². The number of hydrogen-bond donors (Lipinski definition) is 1. The van der Waals surface area contributed by atoms with Crippen molar-refractivity contribution in [3.05, 3.63) is 24.0 Å². The fourth-order valence-corrected chi connectivity index (χ4v) is 2.26. The Labute approximate surface area is 94.0 Å². The lowest BCUT2D eigenvalue weighted by Crippen LogP contribution is -2.07. The van der Waals surface area contributed by atoms with Gasteiger partial charge in [-0.25, -0.2) is 0 Å². The Kier molecular flexibility index (Phi) is 4.39. The molecule has 0 bridgehead atoms. The lowest BCUT2D eigenvalue weighted by Gasteiger charge is -2.13. The van der Waals surface area contributed by atoms with Gasteiger partial charge >= 0.3 is 0 Å². The summed E-state index contributed by atoms with van der Waals surface area (Å²) in [6.07, 6.45) is 5.77. The molecule has 0 spiro atoms. The zero-order valence-corrected chi connectivity index (χ0v) is 10.3.